The van der Waals surface area contributed by atoms with Gasteiger partial charge >= 0.3 is 0 Å². The van der Waals surface area contributed by atoms with Gasteiger partial charge in [-0.1, -0.05) is 25.7 Å². The number of rotatable bonds is 5. The van der Waals surface area contributed by atoms with Gasteiger partial charge < -0.3 is 19.5 Å². The number of amides is 2. The normalized spacial score (nSPS) is 24.5. The summed E-state index contributed by atoms with van der Waals surface area (Å²) < 4.78 is 6.91. The largest absolute Gasteiger partial charge is 0.375 e. The SMILES string of the molecule is COCC(=O)N[C@@H]1CN(C(=O)C2CCCCCC2)C[C@H]1c1nccn1C. The Morgan fingerprint density at radius 3 is 2.58 bits per heavy atom. The lowest BCUT2D eigenvalue weighted by Gasteiger charge is -2.22. The van der Waals surface area contributed by atoms with Crippen molar-refractivity contribution in [2.75, 3.05) is 26.8 Å². The molecule has 2 aliphatic rings. The number of carbonyl (C=O) groups is 2. The summed E-state index contributed by atoms with van der Waals surface area (Å²) in [6.45, 7) is 1.18. The zero-order valence-corrected chi connectivity index (χ0v) is 15.8. The summed E-state index contributed by atoms with van der Waals surface area (Å²) >= 11 is 0. The molecule has 0 radical (unpaired) electrons. The third kappa shape index (κ3) is 4.26. The van der Waals surface area contributed by atoms with E-state index >= 15 is 0 Å². The minimum Gasteiger partial charge on any atom is -0.375 e. The van der Waals surface area contributed by atoms with Crippen molar-refractivity contribution >= 4 is 11.8 Å². The van der Waals surface area contributed by atoms with Gasteiger partial charge in [0.1, 0.15) is 12.4 Å². The van der Waals surface area contributed by atoms with Crippen LogP contribution in [-0.2, 0) is 21.4 Å². The molecule has 7 nitrogen and oxygen atoms in total. The molecule has 0 spiro atoms. The van der Waals surface area contributed by atoms with Crippen molar-refractivity contribution in [3.8, 4) is 0 Å². The Morgan fingerprint density at radius 2 is 1.96 bits per heavy atom. The Bertz CT molecular complexity index is 622. The second-order valence-corrected chi connectivity index (χ2v) is 7.54. The molecule has 2 amide bonds. The third-order valence-electron chi connectivity index (χ3n) is 5.65. The number of ether oxygens (including phenoxy) is 1. The van der Waals surface area contributed by atoms with E-state index in [0.717, 1.165) is 31.5 Å². The molecule has 2 atom stereocenters. The molecular weight excluding hydrogens is 332 g/mol. The zero-order chi connectivity index (χ0) is 18.5. The highest BCUT2D eigenvalue weighted by atomic mass is 16.5. The lowest BCUT2D eigenvalue weighted by molar-refractivity contribution is -0.135. The third-order valence-corrected chi connectivity index (χ3v) is 5.65. The van der Waals surface area contributed by atoms with Gasteiger partial charge in [0.15, 0.2) is 0 Å². The first kappa shape index (κ1) is 18.9. The molecule has 1 aromatic rings. The van der Waals surface area contributed by atoms with E-state index in [-0.39, 0.29) is 36.3 Å². The lowest BCUT2D eigenvalue weighted by Crippen LogP contribution is -2.43. The first-order chi connectivity index (χ1) is 12.6. The van der Waals surface area contributed by atoms with Crippen LogP contribution in [0.15, 0.2) is 12.4 Å². The van der Waals surface area contributed by atoms with Crippen LogP contribution in [0.3, 0.4) is 0 Å². The molecular formula is C19H30N4O3. The minimum atomic E-state index is -0.152. The number of likely N-dealkylation sites (tertiary alicyclic amines) is 1. The first-order valence-corrected chi connectivity index (χ1v) is 9.64. The quantitative estimate of drug-likeness (QED) is 0.805. The summed E-state index contributed by atoms with van der Waals surface area (Å²) in [5.74, 6) is 1.14. The van der Waals surface area contributed by atoms with Crippen LogP contribution in [0.1, 0.15) is 50.3 Å². The molecule has 3 rings (SSSR count). The monoisotopic (exact) mass is 362 g/mol. The van der Waals surface area contributed by atoms with Crippen LogP contribution in [0.2, 0.25) is 0 Å². The highest BCUT2D eigenvalue weighted by Gasteiger charge is 2.40. The van der Waals surface area contributed by atoms with Gasteiger partial charge in [-0.25, -0.2) is 4.98 Å². The minimum absolute atomic E-state index is 0.00512. The van der Waals surface area contributed by atoms with E-state index in [9.17, 15) is 9.59 Å². The molecule has 144 valence electrons. The van der Waals surface area contributed by atoms with Crippen LogP contribution in [0, 0.1) is 5.92 Å². The molecule has 0 unspecified atom stereocenters. The van der Waals surface area contributed by atoms with Gasteiger partial charge in [-0.3, -0.25) is 9.59 Å². The Labute approximate surface area is 155 Å². The summed E-state index contributed by atoms with van der Waals surface area (Å²) in [6, 6.07) is -0.131. The number of imidazole rings is 1. The topological polar surface area (TPSA) is 76.5 Å². The van der Waals surface area contributed by atoms with Crippen molar-refractivity contribution in [3.63, 3.8) is 0 Å². The van der Waals surface area contributed by atoms with E-state index in [0.29, 0.717) is 13.1 Å². The fraction of sp³-hybridized carbons (Fsp3) is 0.737. The highest BCUT2D eigenvalue weighted by Crippen LogP contribution is 2.31. The van der Waals surface area contributed by atoms with Crippen molar-refractivity contribution in [3.05, 3.63) is 18.2 Å². The van der Waals surface area contributed by atoms with Crippen LogP contribution >= 0.6 is 0 Å². The maximum atomic E-state index is 13.1. The van der Waals surface area contributed by atoms with Crippen molar-refractivity contribution in [1.82, 2.24) is 19.8 Å². The summed E-state index contributed by atoms with van der Waals surface area (Å²) in [7, 11) is 3.46. The van der Waals surface area contributed by atoms with E-state index in [1.807, 2.05) is 22.7 Å². The predicted molar refractivity (Wildman–Crippen MR) is 97.5 cm³/mol. The van der Waals surface area contributed by atoms with E-state index < -0.39 is 0 Å². The van der Waals surface area contributed by atoms with Gasteiger partial charge in [0, 0.05) is 45.6 Å². The predicted octanol–water partition coefficient (Wildman–Crippen LogP) is 1.45. The Hall–Kier alpha value is -1.89. The van der Waals surface area contributed by atoms with Crippen LogP contribution in [0.5, 0.6) is 0 Å². The van der Waals surface area contributed by atoms with E-state index in [1.54, 1.807) is 6.20 Å². The molecule has 1 saturated heterocycles. The second kappa shape index (κ2) is 8.66. The average Bonchev–Trinajstić information content (AvgIpc) is 3.10. The van der Waals surface area contributed by atoms with Crippen LogP contribution in [0.4, 0.5) is 0 Å². The second-order valence-electron chi connectivity index (χ2n) is 7.54. The van der Waals surface area contributed by atoms with Crippen LogP contribution in [-0.4, -0.2) is 59.1 Å². The number of nitrogens with one attached hydrogen (secondary N) is 1. The average molecular weight is 362 g/mol. The molecule has 2 heterocycles. The number of hydrogen-bond donors (Lipinski definition) is 1. The zero-order valence-electron chi connectivity index (χ0n) is 15.8. The van der Waals surface area contributed by atoms with Crippen LogP contribution in [0.25, 0.3) is 0 Å². The highest BCUT2D eigenvalue weighted by molar-refractivity contribution is 5.80. The maximum absolute atomic E-state index is 13.1. The molecule has 1 aliphatic heterocycles. The van der Waals surface area contributed by atoms with Gasteiger partial charge in [-0.15, -0.1) is 0 Å². The van der Waals surface area contributed by atoms with Crippen molar-refractivity contribution in [2.24, 2.45) is 13.0 Å². The van der Waals surface area contributed by atoms with Crippen LogP contribution < -0.4 is 5.32 Å². The van der Waals surface area contributed by atoms with Crippen molar-refractivity contribution in [2.45, 2.75) is 50.5 Å². The number of hydrogen-bond acceptors (Lipinski definition) is 4. The summed E-state index contributed by atoms with van der Waals surface area (Å²) in [4.78, 5) is 31.5. The number of aromatic nitrogens is 2. The van der Waals surface area contributed by atoms with Crippen molar-refractivity contribution in [1.29, 1.82) is 0 Å². The molecule has 1 aromatic heterocycles. The Morgan fingerprint density at radius 1 is 1.23 bits per heavy atom. The molecule has 2 fully saturated rings. The molecule has 26 heavy (non-hydrogen) atoms. The fourth-order valence-electron chi connectivity index (χ4n) is 4.29. The Kier molecular flexibility index (Phi) is 6.29. The van der Waals surface area contributed by atoms with E-state index in [2.05, 4.69) is 10.3 Å². The standard InChI is InChI=1S/C19H30N4O3/c1-22-10-9-20-18(22)15-11-23(12-16(15)21-17(24)13-26-2)19(25)14-7-5-3-4-6-8-14/h9-10,14-16H,3-8,11-13H2,1-2H3,(H,21,24)/t15-,16-/m1/s1. The molecule has 7 heteroatoms. The molecule has 1 N–H and O–H groups in total. The molecule has 1 saturated carbocycles. The number of carbonyl (C=O) groups excluding carboxylic acids is 2. The van der Waals surface area contributed by atoms with Gasteiger partial charge in [-0.05, 0) is 12.8 Å². The number of methoxy groups -OCH3 is 1. The van der Waals surface area contributed by atoms with Gasteiger partial charge in [0.2, 0.25) is 11.8 Å². The van der Waals surface area contributed by atoms with Gasteiger partial charge in [0.25, 0.3) is 0 Å². The van der Waals surface area contributed by atoms with Gasteiger partial charge in [-0.2, -0.15) is 0 Å². The summed E-state index contributed by atoms with van der Waals surface area (Å²) in [5.41, 5.74) is 0. The maximum Gasteiger partial charge on any atom is 0.246 e. The Balaban J connectivity index is 1.73. The molecule has 0 bridgehead atoms. The number of aryl methyl sites for hydroxylation is 1. The fourth-order valence-corrected chi connectivity index (χ4v) is 4.29. The lowest BCUT2D eigenvalue weighted by atomic mass is 9.99. The summed E-state index contributed by atoms with van der Waals surface area (Å²) in [6.07, 6.45) is 10.4. The smallest absolute Gasteiger partial charge is 0.246 e. The summed E-state index contributed by atoms with van der Waals surface area (Å²) in [5, 5.41) is 3.03. The molecule has 0 aromatic carbocycles. The van der Waals surface area contributed by atoms with E-state index in [1.165, 1.54) is 20.0 Å². The van der Waals surface area contributed by atoms with Gasteiger partial charge in [0.05, 0.1) is 12.0 Å². The first-order valence-electron chi connectivity index (χ1n) is 9.64. The van der Waals surface area contributed by atoms with E-state index in [4.69, 9.17) is 4.74 Å². The van der Waals surface area contributed by atoms with Crippen molar-refractivity contribution < 1.29 is 14.3 Å². The number of nitrogens with zero attached hydrogens (tertiary/aromatic N) is 3. The molecule has 1 aliphatic carbocycles.